The molecule has 1 amide bonds. The fourth-order valence-corrected chi connectivity index (χ4v) is 6.08. The lowest BCUT2D eigenvalue weighted by atomic mass is 9.92. The van der Waals surface area contributed by atoms with Gasteiger partial charge in [0.05, 0.1) is 27.2 Å². The minimum absolute atomic E-state index is 0.00451. The van der Waals surface area contributed by atoms with Gasteiger partial charge in [-0.15, -0.1) is 0 Å². The molecule has 11 heteroatoms. The van der Waals surface area contributed by atoms with Crippen LogP contribution in [0.2, 0.25) is 0 Å². The molecule has 1 heterocycles. The van der Waals surface area contributed by atoms with Crippen LogP contribution in [0.3, 0.4) is 0 Å². The van der Waals surface area contributed by atoms with Gasteiger partial charge in [0, 0.05) is 29.3 Å². The molecular formula is C41H40N4O7. The molecule has 52 heavy (non-hydrogen) atoms. The van der Waals surface area contributed by atoms with Gasteiger partial charge in [-0.25, -0.2) is 0 Å². The highest BCUT2D eigenvalue weighted by Crippen LogP contribution is 2.32. The summed E-state index contributed by atoms with van der Waals surface area (Å²) in [7, 11) is 3.06. The van der Waals surface area contributed by atoms with Crippen molar-refractivity contribution >= 4 is 23.1 Å². The molecule has 2 atom stereocenters. The number of carbonyl (C=O) groups excluding carboxylic acids is 1. The van der Waals surface area contributed by atoms with Gasteiger partial charge in [0.25, 0.3) is 5.89 Å². The second kappa shape index (κ2) is 16.3. The summed E-state index contributed by atoms with van der Waals surface area (Å²) in [5.74, 6) is 0.727. The zero-order chi connectivity index (χ0) is 36.6. The highest BCUT2D eigenvalue weighted by Gasteiger charge is 2.23. The second-order valence-electron chi connectivity index (χ2n) is 12.5. The van der Waals surface area contributed by atoms with Crippen molar-refractivity contribution in [3.8, 4) is 23.0 Å². The smallest absolute Gasteiger partial charge is 0.317 e. The molecule has 4 aromatic carbocycles. The van der Waals surface area contributed by atoms with Crippen molar-refractivity contribution in [3.63, 3.8) is 0 Å². The van der Waals surface area contributed by atoms with Gasteiger partial charge in [-0.1, -0.05) is 83.5 Å². The number of allylic oxidation sites excluding steroid dienone is 4. The Balaban J connectivity index is 1.07. The van der Waals surface area contributed by atoms with E-state index in [9.17, 15) is 19.8 Å². The molecule has 0 radical (unpaired) electrons. The van der Waals surface area contributed by atoms with E-state index >= 15 is 0 Å². The van der Waals surface area contributed by atoms with E-state index in [0.29, 0.717) is 40.0 Å². The molecule has 1 aromatic heterocycles. The quantitative estimate of drug-likeness (QED) is 0.104. The number of aliphatic hydroxyl groups excluding tert-OH is 1. The monoisotopic (exact) mass is 700 g/mol. The van der Waals surface area contributed by atoms with Crippen LogP contribution in [0.1, 0.15) is 52.2 Å². The highest BCUT2D eigenvalue weighted by atomic mass is 16.5. The number of carboxylic acid groups (broad SMARTS) is 1. The Morgan fingerprint density at radius 3 is 2.23 bits per heavy atom. The van der Waals surface area contributed by atoms with Crippen molar-refractivity contribution in [2.24, 2.45) is 0 Å². The van der Waals surface area contributed by atoms with E-state index in [1.165, 1.54) is 35.8 Å². The Hall–Kier alpha value is -6.04. The number of hydrogen-bond acceptors (Lipinski definition) is 9. The molecular weight excluding hydrogens is 660 g/mol. The van der Waals surface area contributed by atoms with Gasteiger partial charge in [0.1, 0.15) is 17.7 Å². The van der Waals surface area contributed by atoms with Crippen molar-refractivity contribution in [1.82, 2.24) is 15.0 Å². The topological polar surface area (TPSA) is 147 Å². The van der Waals surface area contributed by atoms with Crippen molar-refractivity contribution in [1.29, 1.82) is 0 Å². The van der Waals surface area contributed by atoms with Gasteiger partial charge in [0.15, 0.2) is 5.82 Å². The predicted molar refractivity (Wildman–Crippen MR) is 197 cm³/mol. The maximum absolute atomic E-state index is 12.9. The van der Waals surface area contributed by atoms with Crippen LogP contribution in [0.15, 0.2) is 114 Å². The number of aryl methyl sites for hydroxylation is 1. The number of carbonyl (C=O) groups is 2. The standard InChI is InChI=1S/C41H40N4O7/c1-26-7-11-28(12-8-26)29-15-17-30(18-16-29)39-43-40(52-44-39)31-13-9-27(10-14-31)24-45(25-38(47)48)41(49)32-19-21-33(22-20-32)42-37(46)23-34-35(50-2)5-4-6-36(34)51-3/h4-17,19-22,30,41,49H,18,23-25H2,1-3H3,(H,42,46)(H,47,48). The second-order valence-corrected chi connectivity index (χ2v) is 12.5. The number of nitrogens with zero attached hydrogens (tertiary/aromatic N) is 3. The Bertz CT molecular complexity index is 2050. The summed E-state index contributed by atoms with van der Waals surface area (Å²) in [5, 5.41) is 27.9. The maximum atomic E-state index is 12.9. The number of anilines is 1. The van der Waals surface area contributed by atoms with Gasteiger partial charge in [-0.2, -0.15) is 4.98 Å². The van der Waals surface area contributed by atoms with Crippen molar-refractivity contribution < 1.29 is 33.8 Å². The van der Waals surface area contributed by atoms with E-state index in [0.717, 1.165) is 17.5 Å². The van der Waals surface area contributed by atoms with Crippen LogP contribution >= 0.6 is 0 Å². The summed E-state index contributed by atoms with van der Waals surface area (Å²) in [5.41, 5.74) is 6.68. The number of nitrogens with one attached hydrogen (secondary N) is 1. The van der Waals surface area contributed by atoms with Crippen molar-refractivity contribution in [3.05, 3.63) is 143 Å². The molecule has 0 aliphatic heterocycles. The number of ether oxygens (including phenoxy) is 2. The first-order chi connectivity index (χ1) is 25.2. The summed E-state index contributed by atoms with van der Waals surface area (Å²) in [6.07, 6.45) is 5.95. The van der Waals surface area contributed by atoms with Gasteiger partial charge in [-0.3, -0.25) is 14.5 Å². The first kappa shape index (κ1) is 35.8. The minimum atomic E-state index is -1.22. The Morgan fingerprint density at radius 1 is 0.942 bits per heavy atom. The SMILES string of the molecule is COc1cccc(OC)c1CC(=O)Nc1ccc(C(O)N(CC(=O)O)Cc2ccc(-c3nc(C4C=CC(c5ccc(C)cc5)=CC4)no3)cc2)cc1. The number of methoxy groups -OCH3 is 2. The molecule has 0 bridgehead atoms. The Morgan fingerprint density at radius 2 is 1.62 bits per heavy atom. The highest BCUT2D eigenvalue weighted by molar-refractivity contribution is 5.93. The van der Waals surface area contributed by atoms with E-state index in [1.807, 2.05) is 24.3 Å². The summed E-state index contributed by atoms with van der Waals surface area (Å²) in [4.78, 5) is 30.7. The average Bonchev–Trinajstić information content (AvgIpc) is 3.66. The number of benzene rings is 4. The normalized spacial score (nSPS) is 14.5. The lowest BCUT2D eigenvalue weighted by molar-refractivity contribution is -0.142. The van der Waals surface area contributed by atoms with Crippen molar-refractivity contribution in [2.45, 2.75) is 38.5 Å². The zero-order valence-electron chi connectivity index (χ0n) is 29.2. The summed E-state index contributed by atoms with van der Waals surface area (Å²) in [6.45, 7) is 1.83. The van der Waals surface area contributed by atoms with Crippen LogP contribution in [0.5, 0.6) is 11.5 Å². The lowest BCUT2D eigenvalue weighted by Crippen LogP contribution is -2.33. The lowest BCUT2D eigenvalue weighted by Gasteiger charge is -2.27. The third kappa shape index (κ3) is 8.63. The molecule has 1 aliphatic carbocycles. The van der Waals surface area contributed by atoms with Crippen LogP contribution in [-0.2, 0) is 22.6 Å². The number of aromatic nitrogens is 2. The largest absolute Gasteiger partial charge is 0.496 e. The van der Waals surface area contributed by atoms with Crippen LogP contribution in [0.25, 0.3) is 17.0 Å². The fourth-order valence-electron chi connectivity index (χ4n) is 6.08. The zero-order valence-corrected chi connectivity index (χ0v) is 29.2. The molecule has 5 aromatic rings. The number of carboxylic acids is 1. The average molecular weight is 701 g/mol. The molecule has 0 fully saturated rings. The molecule has 3 N–H and O–H groups in total. The molecule has 0 saturated carbocycles. The first-order valence-corrected chi connectivity index (χ1v) is 16.8. The van der Waals surface area contributed by atoms with E-state index in [4.69, 9.17) is 14.0 Å². The molecule has 11 nitrogen and oxygen atoms in total. The van der Waals surface area contributed by atoms with Crippen LogP contribution < -0.4 is 14.8 Å². The molecule has 2 unspecified atom stereocenters. The predicted octanol–water partition coefficient (Wildman–Crippen LogP) is 6.95. The van der Waals surface area contributed by atoms with E-state index < -0.39 is 18.7 Å². The Kier molecular flexibility index (Phi) is 11.2. The number of aliphatic hydroxyl groups is 1. The van der Waals surface area contributed by atoms with E-state index in [1.54, 1.807) is 42.5 Å². The Labute approximate surface area is 301 Å². The minimum Gasteiger partial charge on any atom is -0.496 e. The fraction of sp³-hybridized carbons (Fsp3) is 0.220. The third-order valence-electron chi connectivity index (χ3n) is 8.89. The summed E-state index contributed by atoms with van der Waals surface area (Å²) >= 11 is 0. The van der Waals surface area contributed by atoms with Crippen LogP contribution in [0, 0.1) is 6.92 Å². The van der Waals surface area contributed by atoms with Gasteiger partial charge < -0.3 is 29.5 Å². The molecule has 0 spiro atoms. The van der Waals surface area contributed by atoms with Gasteiger partial charge >= 0.3 is 5.97 Å². The number of amides is 1. The molecule has 6 rings (SSSR count). The molecule has 266 valence electrons. The van der Waals surface area contributed by atoms with Crippen LogP contribution in [-0.4, -0.2) is 57.9 Å². The summed E-state index contributed by atoms with van der Waals surface area (Å²) in [6, 6.07) is 27.7. The maximum Gasteiger partial charge on any atom is 0.317 e. The van der Waals surface area contributed by atoms with Crippen LogP contribution in [0.4, 0.5) is 5.69 Å². The number of aliphatic carboxylic acids is 1. The van der Waals surface area contributed by atoms with Gasteiger partial charge in [0.2, 0.25) is 5.91 Å². The molecule has 0 saturated heterocycles. The molecule has 1 aliphatic rings. The van der Waals surface area contributed by atoms with Crippen molar-refractivity contribution in [2.75, 3.05) is 26.1 Å². The number of rotatable bonds is 14. The third-order valence-corrected chi connectivity index (χ3v) is 8.89. The van der Waals surface area contributed by atoms with E-state index in [-0.39, 0.29) is 24.8 Å². The summed E-state index contributed by atoms with van der Waals surface area (Å²) < 4.78 is 16.4. The van der Waals surface area contributed by atoms with E-state index in [2.05, 4.69) is 64.9 Å². The first-order valence-electron chi connectivity index (χ1n) is 16.8. The van der Waals surface area contributed by atoms with Gasteiger partial charge in [-0.05, 0) is 72.0 Å². The number of hydrogen-bond donors (Lipinski definition) is 3.